The van der Waals surface area contributed by atoms with Gasteiger partial charge < -0.3 is 0 Å². The van der Waals surface area contributed by atoms with Crippen LogP contribution in [0.3, 0.4) is 0 Å². The van der Waals surface area contributed by atoms with Gasteiger partial charge in [0.1, 0.15) is 0 Å². The van der Waals surface area contributed by atoms with Crippen molar-refractivity contribution in [1.82, 2.24) is 0 Å². The van der Waals surface area contributed by atoms with Gasteiger partial charge >= 0.3 is 34.1 Å². The molecule has 0 bridgehead atoms. The zero-order valence-corrected chi connectivity index (χ0v) is 16.4. The van der Waals surface area contributed by atoms with E-state index in [0.717, 1.165) is 0 Å². The standard InChI is InChI=1S/C13H12.2C5H5.2Fe/c1-2-13(11-7-3-4-8-11)12-9-5-6-10-12;2*1-2-4-5-3-1;;/h2-10H,1H3;2*1-5H;;/q-2;2*-1;2*+2. The van der Waals surface area contributed by atoms with Crippen LogP contribution >= 0.6 is 0 Å². The molecule has 130 valence electrons. The average molecular weight is 410 g/mol. The van der Waals surface area contributed by atoms with Crippen molar-refractivity contribution in [3.63, 3.8) is 0 Å². The third-order valence-electron chi connectivity index (χ3n) is 3.35. The van der Waals surface area contributed by atoms with Crippen molar-refractivity contribution < 1.29 is 34.1 Å². The molecule has 0 saturated heterocycles. The van der Waals surface area contributed by atoms with Gasteiger partial charge in [-0.1, -0.05) is 12.1 Å². The summed E-state index contributed by atoms with van der Waals surface area (Å²) < 4.78 is 0. The number of hydrogen-bond acceptors (Lipinski definition) is 0. The summed E-state index contributed by atoms with van der Waals surface area (Å²) in [5, 5.41) is 0. The zero-order chi connectivity index (χ0) is 16.2. The fourth-order valence-corrected chi connectivity index (χ4v) is 2.25. The van der Waals surface area contributed by atoms with Crippen LogP contribution in [0.5, 0.6) is 0 Å². The van der Waals surface area contributed by atoms with Gasteiger partial charge in [0.15, 0.2) is 0 Å². The summed E-state index contributed by atoms with van der Waals surface area (Å²) in [4.78, 5) is 0. The van der Waals surface area contributed by atoms with Crippen LogP contribution in [0, 0.1) is 0 Å². The summed E-state index contributed by atoms with van der Waals surface area (Å²) in [6.07, 6.45) is 2.16. The predicted molar refractivity (Wildman–Crippen MR) is 101 cm³/mol. The van der Waals surface area contributed by atoms with Crippen LogP contribution in [0.2, 0.25) is 0 Å². The monoisotopic (exact) mass is 410 g/mol. The molecule has 0 N–H and O–H groups in total. The van der Waals surface area contributed by atoms with Gasteiger partial charge in [-0.05, 0) is 0 Å². The Balaban J connectivity index is 0.000000400. The first kappa shape index (κ1) is 23.2. The van der Waals surface area contributed by atoms with Crippen molar-refractivity contribution in [3.05, 3.63) is 126 Å². The van der Waals surface area contributed by atoms with Crippen molar-refractivity contribution in [2.45, 2.75) is 6.92 Å². The van der Waals surface area contributed by atoms with E-state index < -0.39 is 0 Å². The minimum absolute atomic E-state index is 0. The minimum atomic E-state index is 0. The molecule has 0 unspecified atom stereocenters. The molecule has 0 spiro atoms. The van der Waals surface area contributed by atoms with Crippen molar-refractivity contribution in [3.8, 4) is 0 Å². The summed E-state index contributed by atoms with van der Waals surface area (Å²) >= 11 is 0. The van der Waals surface area contributed by atoms with Crippen LogP contribution in [0.1, 0.15) is 18.1 Å². The van der Waals surface area contributed by atoms with Gasteiger partial charge in [0.2, 0.25) is 0 Å². The van der Waals surface area contributed by atoms with Gasteiger partial charge in [0.25, 0.3) is 0 Å². The molecule has 0 atom stereocenters. The Morgan fingerprint density at radius 1 is 0.600 bits per heavy atom. The topological polar surface area (TPSA) is 0 Å². The maximum Gasteiger partial charge on any atom is 2.00 e. The van der Waals surface area contributed by atoms with Crippen molar-refractivity contribution in [2.24, 2.45) is 0 Å². The Morgan fingerprint density at radius 2 is 0.920 bits per heavy atom. The van der Waals surface area contributed by atoms with E-state index in [4.69, 9.17) is 0 Å². The Hall–Kier alpha value is -1.82. The molecule has 0 fully saturated rings. The zero-order valence-electron chi connectivity index (χ0n) is 14.2. The molecular formula is C23H22Fe2. The maximum absolute atomic E-state index is 2.16. The second kappa shape index (κ2) is 14.5. The average Bonchev–Trinajstić information content (AvgIpc) is 3.40. The Kier molecular flexibility index (Phi) is 13.5. The van der Waals surface area contributed by atoms with E-state index in [9.17, 15) is 0 Å². The molecule has 0 aliphatic carbocycles. The summed E-state index contributed by atoms with van der Waals surface area (Å²) in [5.74, 6) is 0. The van der Waals surface area contributed by atoms with Crippen molar-refractivity contribution in [2.75, 3.05) is 0 Å². The maximum atomic E-state index is 2.16. The molecule has 0 heterocycles. The smallest absolute Gasteiger partial charge is 0.245 e. The van der Waals surface area contributed by atoms with E-state index in [1.807, 2.05) is 60.7 Å². The SMILES string of the molecule is CC=C([c-]1cccc1)[c-]1cccc1.[Fe+2].[Fe+2].c1cc[cH-]c1.c1cc[cH-]c1. The molecule has 0 nitrogen and oxygen atoms in total. The van der Waals surface area contributed by atoms with E-state index in [1.165, 1.54) is 16.7 Å². The number of hydrogen-bond donors (Lipinski definition) is 0. The van der Waals surface area contributed by atoms with Crippen LogP contribution in [-0.2, 0) is 34.1 Å². The van der Waals surface area contributed by atoms with Crippen molar-refractivity contribution >= 4 is 5.57 Å². The molecule has 0 saturated carbocycles. The minimum Gasteiger partial charge on any atom is -0.245 e. The fraction of sp³-hybridized carbons (Fsp3) is 0.0435. The molecule has 25 heavy (non-hydrogen) atoms. The molecule has 0 aliphatic rings. The summed E-state index contributed by atoms with van der Waals surface area (Å²) in [6.45, 7) is 2.08. The van der Waals surface area contributed by atoms with E-state index in [0.29, 0.717) is 0 Å². The quantitative estimate of drug-likeness (QED) is 0.266. The van der Waals surface area contributed by atoms with E-state index in [1.54, 1.807) is 0 Å². The third kappa shape index (κ3) is 8.72. The second-order valence-electron chi connectivity index (χ2n) is 4.97. The molecule has 0 aromatic heterocycles. The Morgan fingerprint density at radius 3 is 1.12 bits per heavy atom. The van der Waals surface area contributed by atoms with Crippen LogP contribution in [0.25, 0.3) is 5.57 Å². The van der Waals surface area contributed by atoms with Crippen LogP contribution in [-0.4, -0.2) is 0 Å². The predicted octanol–water partition coefficient (Wildman–Crippen LogP) is 6.38. The molecule has 2 heteroatoms. The Labute approximate surface area is 172 Å². The third-order valence-corrected chi connectivity index (χ3v) is 3.35. The molecular weight excluding hydrogens is 388 g/mol. The summed E-state index contributed by atoms with van der Waals surface area (Å²) in [6, 6.07) is 36.8. The summed E-state index contributed by atoms with van der Waals surface area (Å²) in [7, 11) is 0. The van der Waals surface area contributed by atoms with Gasteiger partial charge in [-0.15, -0.1) is 24.6 Å². The Bertz CT molecular complexity index is 613. The van der Waals surface area contributed by atoms with Gasteiger partial charge in [-0.3, -0.25) is 0 Å². The van der Waals surface area contributed by atoms with Gasteiger partial charge in [-0.2, -0.15) is 42.0 Å². The van der Waals surface area contributed by atoms with Crippen LogP contribution in [0.4, 0.5) is 0 Å². The van der Waals surface area contributed by atoms with Gasteiger partial charge in [-0.25, -0.2) is 60.2 Å². The molecule has 0 radical (unpaired) electrons. The molecule has 4 aromatic carbocycles. The van der Waals surface area contributed by atoms with Crippen LogP contribution < -0.4 is 0 Å². The first-order valence-electron chi connectivity index (χ1n) is 7.85. The van der Waals surface area contributed by atoms with Crippen LogP contribution in [0.15, 0.2) is 115 Å². The normalized spacial score (nSPS) is 8.36. The first-order valence-corrected chi connectivity index (χ1v) is 7.85. The van der Waals surface area contributed by atoms with E-state index in [2.05, 4.69) is 61.5 Å². The fourth-order valence-electron chi connectivity index (χ4n) is 2.25. The second-order valence-corrected chi connectivity index (χ2v) is 4.97. The van der Waals surface area contributed by atoms with Gasteiger partial charge in [0.05, 0.1) is 0 Å². The number of rotatable bonds is 2. The molecule has 4 rings (SSSR count). The summed E-state index contributed by atoms with van der Waals surface area (Å²) in [5.41, 5.74) is 3.91. The van der Waals surface area contributed by atoms with E-state index in [-0.39, 0.29) is 34.1 Å². The van der Waals surface area contributed by atoms with Crippen molar-refractivity contribution in [1.29, 1.82) is 0 Å². The number of allylic oxidation sites excluding steroid dienone is 1. The molecule has 0 amide bonds. The van der Waals surface area contributed by atoms with E-state index >= 15 is 0 Å². The molecule has 0 aliphatic heterocycles. The first-order chi connectivity index (χ1) is 11.4. The molecule has 4 aromatic rings. The largest absolute Gasteiger partial charge is 2.00 e. The van der Waals surface area contributed by atoms with Gasteiger partial charge in [0, 0.05) is 0 Å².